The maximum atomic E-state index is 12.9. The Morgan fingerprint density at radius 1 is 0.971 bits per heavy atom. The highest BCUT2D eigenvalue weighted by Crippen LogP contribution is 2.32. The average molecular weight is 503 g/mol. The number of benzene rings is 3. The van der Waals surface area contributed by atoms with Gasteiger partial charge in [-0.25, -0.2) is 0 Å². The standard InChI is InChI=1S/C24H18ClF3N4OS/c25-20-12-5-4-11-19(20)22-30-31-23(32(22)18-9-2-1-3-10-18)34-15-21(33)29-14-16-7-6-8-17(13-16)24(26,27)28/h1-13H,14-15H2,(H,29,33). The van der Waals surface area contributed by atoms with Gasteiger partial charge in [0.15, 0.2) is 11.0 Å². The second-order valence-corrected chi connectivity index (χ2v) is 8.57. The molecular formula is C24H18ClF3N4OS. The van der Waals surface area contributed by atoms with Crippen LogP contribution in [0.4, 0.5) is 13.2 Å². The van der Waals surface area contributed by atoms with Crippen molar-refractivity contribution in [1.82, 2.24) is 20.1 Å². The number of halogens is 4. The van der Waals surface area contributed by atoms with Crippen LogP contribution in [0.15, 0.2) is 84.0 Å². The summed E-state index contributed by atoms with van der Waals surface area (Å²) in [5.41, 5.74) is 1.11. The van der Waals surface area contributed by atoms with Gasteiger partial charge in [-0.1, -0.05) is 65.8 Å². The van der Waals surface area contributed by atoms with Crippen molar-refractivity contribution < 1.29 is 18.0 Å². The van der Waals surface area contributed by atoms with E-state index < -0.39 is 11.7 Å². The zero-order valence-corrected chi connectivity index (χ0v) is 19.2. The third kappa shape index (κ3) is 5.60. The lowest BCUT2D eigenvalue weighted by Crippen LogP contribution is -2.25. The van der Waals surface area contributed by atoms with Crippen LogP contribution in [0.5, 0.6) is 0 Å². The summed E-state index contributed by atoms with van der Waals surface area (Å²) in [5.74, 6) is 0.194. The summed E-state index contributed by atoms with van der Waals surface area (Å²) in [6.07, 6.45) is -4.43. The Morgan fingerprint density at radius 2 is 1.71 bits per heavy atom. The minimum Gasteiger partial charge on any atom is -0.351 e. The summed E-state index contributed by atoms with van der Waals surface area (Å²) in [7, 11) is 0. The van der Waals surface area contributed by atoms with E-state index in [1.54, 1.807) is 6.07 Å². The number of aromatic nitrogens is 3. The van der Waals surface area contributed by atoms with Gasteiger partial charge in [0.25, 0.3) is 0 Å². The first kappa shape index (κ1) is 23.8. The fourth-order valence-electron chi connectivity index (χ4n) is 3.23. The van der Waals surface area contributed by atoms with Gasteiger partial charge in [-0.15, -0.1) is 10.2 Å². The lowest BCUT2D eigenvalue weighted by Gasteiger charge is -2.11. The number of carbonyl (C=O) groups is 1. The Hall–Kier alpha value is -3.30. The van der Waals surface area contributed by atoms with Crippen LogP contribution in [0.2, 0.25) is 5.02 Å². The van der Waals surface area contributed by atoms with Gasteiger partial charge >= 0.3 is 6.18 Å². The highest BCUT2D eigenvalue weighted by Gasteiger charge is 2.30. The summed E-state index contributed by atoms with van der Waals surface area (Å²) in [6.45, 7) is -0.0143. The van der Waals surface area contributed by atoms with Gasteiger partial charge in [0.05, 0.1) is 16.3 Å². The molecule has 0 aliphatic heterocycles. The van der Waals surface area contributed by atoms with E-state index in [-0.39, 0.29) is 18.2 Å². The summed E-state index contributed by atoms with van der Waals surface area (Å²) >= 11 is 7.54. The smallest absolute Gasteiger partial charge is 0.351 e. The number of thioether (sulfide) groups is 1. The van der Waals surface area contributed by atoms with E-state index in [0.717, 1.165) is 17.8 Å². The fourth-order valence-corrected chi connectivity index (χ4v) is 4.23. The highest BCUT2D eigenvalue weighted by atomic mass is 35.5. The molecule has 0 fully saturated rings. The first-order chi connectivity index (χ1) is 16.3. The second kappa shape index (κ2) is 10.3. The predicted molar refractivity (Wildman–Crippen MR) is 126 cm³/mol. The number of para-hydroxylation sites is 1. The minimum absolute atomic E-state index is 0.00640. The molecule has 1 heterocycles. The number of hydrogen-bond donors (Lipinski definition) is 1. The molecule has 0 spiro atoms. The molecule has 1 amide bonds. The molecule has 0 saturated carbocycles. The van der Waals surface area contributed by atoms with Gasteiger partial charge < -0.3 is 5.32 Å². The minimum atomic E-state index is -4.43. The first-order valence-corrected chi connectivity index (χ1v) is 11.5. The molecule has 0 saturated heterocycles. The molecule has 34 heavy (non-hydrogen) atoms. The number of nitrogens with one attached hydrogen (secondary N) is 1. The molecule has 4 rings (SSSR count). The predicted octanol–water partition coefficient (Wildman–Crippen LogP) is 6.02. The van der Waals surface area contributed by atoms with Gasteiger partial charge in [0.2, 0.25) is 5.91 Å². The van der Waals surface area contributed by atoms with Crippen LogP contribution in [0.1, 0.15) is 11.1 Å². The molecule has 0 bridgehead atoms. The largest absolute Gasteiger partial charge is 0.416 e. The Bertz CT molecular complexity index is 1290. The van der Waals surface area contributed by atoms with Crippen LogP contribution < -0.4 is 5.32 Å². The summed E-state index contributed by atoms with van der Waals surface area (Å²) in [4.78, 5) is 12.4. The van der Waals surface area contributed by atoms with Crippen molar-refractivity contribution >= 4 is 29.3 Å². The third-order valence-electron chi connectivity index (χ3n) is 4.84. The lowest BCUT2D eigenvalue weighted by atomic mass is 10.1. The number of rotatable bonds is 7. The van der Waals surface area contributed by atoms with Crippen molar-refractivity contribution in [3.8, 4) is 17.1 Å². The van der Waals surface area contributed by atoms with Crippen molar-refractivity contribution in [1.29, 1.82) is 0 Å². The van der Waals surface area contributed by atoms with Crippen LogP contribution >= 0.6 is 23.4 Å². The zero-order valence-electron chi connectivity index (χ0n) is 17.6. The molecule has 174 valence electrons. The van der Waals surface area contributed by atoms with Gasteiger partial charge in [-0.05, 0) is 42.0 Å². The second-order valence-electron chi connectivity index (χ2n) is 7.22. The average Bonchev–Trinajstić information content (AvgIpc) is 3.25. The SMILES string of the molecule is O=C(CSc1nnc(-c2ccccc2Cl)n1-c1ccccc1)NCc1cccc(C(F)(F)F)c1. The van der Waals surface area contributed by atoms with Crippen LogP contribution in [0, 0.1) is 0 Å². The molecule has 3 aromatic carbocycles. The van der Waals surface area contributed by atoms with Crippen LogP contribution in [0.3, 0.4) is 0 Å². The van der Waals surface area contributed by atoms with E-state index in [1.165, 1.54) is 23.9 Å². The van der Waals surface area contributed by atoms with E-state index in [9.17, 15) is 18.0 Å². The monoisotopic (exact) mass is 502 g/mol. The summed E-state index contributed by atoms with van der Waals surface area (Å²) < 4.78 is 40.5. The number of hydrogen-bond acceptors (Lipinski definition) is 4. The topological polar surface area (TPSA) is 59.8 Å². The van der Waals surface area contributed by atoms with Gasteiger partial charge in [0, 0.05) is 17.8 Å². The van der Waals surface area contributed by atoms with Crippen molar-refractivity contribution in [2.75, 3.05) is 5.75 Å². The molecule has 1 aromatic heterocycles. The maximum Gasteiger partial charge on any atom is 0.416 e. The van der Waals surface area contributed by atoms with E-state index in [4.69, 9.17) is 11.6 Å². The Balaban J connectivity index is 1.49. The third-order valence-corrected chi connectivity index (χ3v) is 6.10. The normalized spacial score (nSPS) is 11.4. The molecule has 1 N–H and O–H groups in total. The van der Waals surface area contributed by atoms with Crippen molar-refractivity contribution in [3.05, 3.63) is 95.0 Å². The Kier molecular flexibility index (Phi) is 7.23. The summed E-state index contributed by atoms with van der Waals surface area (Å²) in [5, 5.41) is 12.2. The van der Waals surface area contributed by atoms with E-state index in [1.807, 2.05) is 53.1 Å². The highest BCUT2D eigenvalue weighted by molar-refractivity contribution is 7.99. The first-order valence-electron chi connectivity index (χ1n) is 10.1. The molecule has 0 radical (unpaired) electrons. The van der Waals surface area contributed by atoms with Crippen LogP contribution in [-0.4, -0.2) is 26.4 Å². The molecule has 10 heteroatoms. The van der Waals surface area contributed by atoms with Crippen molar-refractivity contribution in [3.63, 3.8) is 0 Å². The van der Waals surface area contributed by atoms with E-state index in [2.05, 4.69) is 15.5 Å². The molecule has 0 aliphatic carbocycles. The fraction of sp³-hybridized carbons (Fsp3) is 0.125. The van der Waals surface area contributed by atoms with Gasteiger partial charge in [-0.3, -0.25) is 9.36 Å². The van der Waals surface area contributed by atoms with Gasteiger partial charge in [-0.2, -0.15) is 13.2 Å². The van der Waals surface area contributed by atoms with Gasteiger partial charge in [0.1, 0.15) is 0 Å². The number of amides is 1. The number of carbonyl (C=O) groups excluding carboxylic acids is 1. The Morgan fingerprint density at radius 3 is 2.44 bits per heavy atom. The van der Waals surface area contributed by atoms with E-state index >= 15 is 0 Å². The molecule has 0 aliphatic rings. The molecule has 0 unspecified atom stereocenters. The van der Waals surface area contributed by atoms with Crippen molar-refractivity contribution in [2.45, 2.75) is 17.9 Å². The van der Waals surface area contributed by atoms with E-state index in [0.29, 0.717) is 27.1 Å². The quantitative estimate of drug-likeness (QED) is 0.314. The number of nitrogens with zero attached hydrogens (tertiary/aromatic N) is 3. The molecule has 5 nitrogen and oxygen atoms in total. The molecule has 4 aromatic rings. The zero-order chi connectivity index (χ0) is 24.1. The van der Waals surface area contributed by atoms with Crippen molar-refractivity contribution in [2.24, 2.45) is 0 Å². The molecule has 0 atom stereocenters. The molecular weight excluding hydrogens is 485 g/mol. The van der Waals surface area contributed by atoms with Crippen LogP contribution in [0.25, 0.3) is 17.1 Å². The maximum absolute atomic E-state index is 12.9. The van der Waals surface area contributed by atoms with Crippen LogP contribution in [-0.2, 0) is 17.5 Å². The number of alkyl halides is 3. The Labute approximate surface area is 203 Å². The lowest BCUT2D eigenvalue weighted by molar-refractivity contribution is -0.137. The summed E-state index contributed by atoms with van der Waals surface area (Å²) in [6, 6.07) is 21.5.